The summed E-state index contributed by atoms with van der Waals surface area (Å²) in [6.45, 7) is -1.57. The van der Waals surface area contributed by atoms with Crippen molar-refractivity contribution in [1.29, 1.82) is 0 Å². The molecule has 2 aromatic rings. The fraction of sp³-hybridized carbons (Fsp3) is 0.133. The van der Waals surface area contributed by atoms with Gasteiger partial charge in [-0.05, 0) is 41.5 Å². The molecule has 0 aliphatic heterocycles. The van der Waals surface area contributed by atoms with E-state index in [1.54, 1.807) is 0 Å². The summed E-state index contributed by atoms with van der Waals surface area (Å²) in [5.74, 6) is -4.92. The van der Waals surface area contributed by atoms with Crippen LogP contribution in [0.4, 0.5) is 26.3 Å². The van der Waals surface area contributed by atoms with Gasteiger partial charge in [0.25, 0.3) is 0 Å². The highest BCUT2D eigenvalue weighted by atomic mass is 19.4. The summed E-state index contributed by atoms with van der Waals surface area (Å²) >= 11 is 0. The van der Waals surface area contributed by atoms with E-state index in [9.17, 15) is 31.1 Å². The number of hydrogen-bond donors (Lipinski definition) is 0. The average Bonchev–Trinajstić information content (AvgIpc) is 2.49. The summed E-state index contributed by atoms with van der Waals surface area (Å²) in [7, 11) is 0. The van der Waals surface area contributed by atoms with Crippen LogP contribution in [0, 0.1) is 17.5 Å². The SMILES string of the molecule is O=Cc1ccc(OCC(F)(F)F)cc1-c1cc(F)c(F)c(F)c1. The van der Waals surface area contributed by atoms with Gasteiger partial charge in [-0.3, -0.25) is 4.79 Å². The van der Waals surface area contributed by atoms with Crippen LogP contribution in [0.2, 0.25) is 0 Å². The highest BCUT2D eigenvalue weighted by molar-refractivity contribution is 5.88. The Morgan fingerprint density at radius 1 is 1.00 bits per heavy atom. The molecule has 0 aliphatic rings. The van der Waals surface area contributed by atoms with Crippen molar-refractivity contribution in [2.24, 2.45) is 0 Å². The molecule has 0 fully saturated rings. The van der Waals surface area contributed by atoms with Crippen molar-refractivity contribution in [3.05, 3.63) is 53.3 Å². The number of aldehydes is 1. The fourth-order valence-electron chi connectivity index (χ4n) is 1.85. The monoisotopic (exact) mass is 334 g/mol. The van der Waals surface area contributed by atoms with Crippen molar-refractivity contribution in [3.8, 4) is 16.9 Å². The molecule has 0 amide bonds. The Morgan fingerprint density at radius 2 is 1.61 bits per heavy atom. The minimum Gasteiger partial charge on any atom is -0.484 e. The van der Waals surface area contributed by atoms with Gasteiger partial charge < -0.3 is 4.74 Å². The lowest BCUT2D eigenvalue weighted by molar-refractivity contribution is -0.153. The van der Waals surface area contributed by atoms with Crippen LogP contribution in [-0.2, 0) is 0 Å². The number of rotatable bonds is 4. The zero-order valence-corrected chi connectivity index (χ0v) is 11.3. The molecule has 0 aliphatic carbocycles. The zero-order chi connectivity index (χ0) is 17.2. The predicted molar refractivity (Wildman–Crippen MR) is 68.7 cm³/mol. The van der Waals surface area contributed by atoms with Gasteiger partial charge in [0, 0.05) is 5.56 Å². The molecular weight excluding hydrogens is 326 g/mol. The van der Waals surface area contributed by atoms with E-state index in [1.165, 1.54) is 0 Å². The summed E-state index contributed by atoms with van der Waals surface area (Å²) in [5, 5.41) is 0. The van der Waals surface area contributed by atoms with E-state index in [0.29, 0.717) is 18.4 Å². The van der Waals surface area contributed by atoms with Crippen LogP contribution in [0.1, 0.15) is 10.4 Å². The second-order valence-electron chi connectivity index (χ2n) is 4.52. The largest absolute Gasteiger partial charge is 0.484 e. The van der Waals surface area contributed by atoms with Gasteiger partial charge in [-0.2, -0.15) is 13.2 Å². The minimum atomic E-state index is -4.57. The van der Waals surface area contributed by atoms with Crippen LogP contribution in [0.5, 0.6) is 5.75 Å². The van der Waals surface area contributed by atoms with Crippen LogP contribution < -0.4 is 4.74 Å². The van der Waals surface area contributed by atoms with E-state index in [4.69, 9.17) is 0 Å². The van der Waals surface area contributed by atoms with Crippen LogP contribution in [0.3, 0.4) is 0 Å². The Hall–Kier alpha value is -2.51. The van der Waals surface area contributed by atoms with Gasteiger partial charge in [0.15, 0.2) is 30.3 Å². The van der Waals surface area contributed by atoms with E-state index in [2.05, 4.69) is 4.74 Å². The molecule has 23 heavy (non-hydrogen) atoms. The number of alkyl halides is 3. The first-order valence-corrected chi connectivity index (χ1v) is 6.15. The fourth-order valence-corrected chi connectivity index (χ4v) is 1.85. The Balaban J connectivity index is 2.46. The van der Waals surface area contributed by atoms with Crippen LogP contribution in [-0.4, -0.2) is 19.1 Å². The lowest BCUT2D eigenvalue weighted by atomic mass is 9.99. The smallest absolute Gasteiger partial charge is 0.422 e. The van der Waals surface area contributed by atoms with E-state index in [-0.39, 0.29) is 22.4 Å². The standard InChI is InChI=1S/C15H8F6O2/c16-12-3-9(4-13(17)14(12)18)11-5-10(2-1-8(11)6-22)23-7-15(19,20)21/h1-6H,7H2. The maximum absolute atomic E-state index is 13.3. The molecule has 8 heteroatoms. The minimum absolute atomic E-state index is 0.0465. The molecule has 122 valence electrons. The number of carbonyl (C=O) groups excluding carboxylic acids is 1. The van der Waals surface area contributed by atoms with Gasteiger partial charge in [0.05, 0.1) is 0 Å². The van der Waals surface area contributed by atoms with E-state index in [0.717, 1.165) is 18.2 Å². The topological polar surface area (TPSA) is 26.3 Å². The number of hydrogen-bond acceptors (Lipinski definition) is 2. The molecule has 0 spiro atoms. The first-order valence-electron chi connectivity index (χ1n) is 6.15. The van der Waals surface area contributed by atoms with E-state index < -0.39 is 30.2 Å². The predicted octanol–water partition coefficient (Wildman–Crippen LogP) is 4.52. The number of halogens is 6. The summed E-state index contributed by atoms with van der Waals surface area (Å²) in [6, 6.07) is 4.52. The van der Waals surface area contributed by atoms with Gasteiger partial charge in [0.2, 0.25) is 0 Å². The first-order chi connectivity index (χ1) is 10.7. The van der Waals surface area contributed by atoms with Gasteiger partial charge in [-0.25, -0.2) is 13.2 Å². The number of benzene rings is 2. The zero-order valence-electron chi connectivity index (χ0n) is 11.3. The molecule has 2 aromatic carbocycles. The Labute approximate surface area is 126 Å². The van der Waals surface area contributed by atoms with Gasteiger partial charge in [-0.15, -0.1) is 0 Å². The normalized spacial score (nSPS) is 11.4. The third-order valence-electron chi connectivity index (χ3n) is 2.85. The third kappa shape index (κ3) is 4.02. The van der Waals surface area contributed by atoms with Crippen LogP contribution >= 0.6 is 0 Å². The molecule has 2 nitrogen and oxygen atoms in total. The molecule has 0 atom stereocenters. The van der Waals surface area contributed by atoms with Gasteiger partial charge in [0.1, 0.15) is 5.75 Å². The Bertz CT molecular complexity index is 716. The molecule has 0 saturated heterocycles. The highest BCUT2D eigenvalue weighted by Crippen LogP contribution is 2.30. The summed E-state index contributed by atoms with van der Waals surface area (Å²) in [6.07, 6.45) is -4.22. The van der Waals surface area contributed by atoms with Crippen molar-refractivity contribution in [2.45, 2.75) is 6.18 Å². The van der Waals surface area contributed by atoms with Crippen LogP contribution in [0.15, 0.2) is 30.3 Å². The second-order valence-corrected chi connectivity index (χ2v) is 4.52. The highest BCUT2D eigenvalue weighted by Gasteiger charge is 2.28. The summed E-state index contributed by atoms with van der Waals surface area (Å²) in [4.78, 5) is 11.0. The lowest BCUT2D eigenvalue weighted by Crippen LogP contribution is -2.19. The van der Waals surface area contributed by atoms with Crippen molar-refractivity contribution in [3.63, 3.8) is 0 Å². The molecule has 2 rings (SSSR count). The van der Waals surface area contributed by atoms with Crippen molar-refractivity contribution < 1.29 is 35.9 Å². The molecular formula is C15H8F6O2. The van der Waals surface area contributed by atoms with Crippen molar-refractivity contribution in [2.75, 3.05) is 6.61 Å². The molecule has 0 heterocycles. The molecule has 0 bridgehead atoms. The second kappa shape index (κ2) is 6.31. The Morgan fingerprint density at radius 3 is 2.13 bits per heavy atom. The van der Waals surface area contributed by atoms with Gasteiger partial charge >= 0.3 is 6.18 Å². The Kier molecular flexibility index (Phi) is 4.63. The molecule has 0 unspecified atom stereocenters. The first kappa shape index (κ1) is 16.9. The van der Waals surface area contributed by atoms with E-state index in [1.807, 2.05) is 0 Å². The van der Waals surface area contributed by atoms with Crippen molar-refractivity contribution >= 4 is 6.29 Å². The number of ether oxygens (including phenoxy) is 1. The maximum Gasteiger partial charge on any atom is 0.422 e. The molecule has 0 saturated carbocycles. The molecule has 0 N–H and O–H groups in total. The van der Waals surface area contributed by atoms with Crippen LogP contribution in [0.25, 0.3) is 11.1 Å². The molecule has 0 radical (unpaired) electrons. The van der Waals surface area contributed by atoms with Crippen molar-refractivity contribution in [1.82, 2.24) is 0 Å². The van der Waals surface area contributed by atoms with Gasteiger partial charge in [-0.1, -0.05) is 0 Å². The summed E-state index contributed by atoms with van der Waals surface area (Å²) < 4.78 is 80.5. The average molecular weight is 334 g/mol. The quantitative estimate of drug-likeness (QED) is 0.467. The maximum atomic E-state index is 13.3. The number of carbonyl (C=O) groups is 1. The summed E-state index contributed by atoms with van der Waals surface area (Å²) in [5.41, 5.74) is -0.340. The lowest BCUT2D eigenvalue weighted by Gasteiger charge is -2.12. The molecule has 0 aromatic heterocycles. The van der Waals surface area contributed by atoms with E-state index >= 15 is 0 Å². The third-order valence-corrected chi connectivity index (χ3v) is 2.85.